The summed E-state index contributed by atoms with van der Waals surface area (Å²) in [6.07, 6.45) is 3.49. The molecule has 0 atom stereocenters. The topological polar surface area (TPSA) is 31.6 Å². The van der Waals surface area contributed by atoms with Crippen LogP contribution in [0.25, 0.3) is 11.0 Å². The molecule has 1 aliphatic heterocycles. The van der Waals surface area contributed by atoms with Gasteiger partial charge in [0.05, 0.1) is 19.5 Å². The second kappa shape index (κ2) is 4.17. The molecule has 0 N–H and O–H groups in total. The highest BCUT2D eigenvalue weighted by Crippen LogP contribution is 2.35. The van der Waals surface area contributed by atoms with Crippen LogP contribution in [-0.2, 0) is 15.3 Å². The van der Waals surface area contributed by atoms with E-state index in [2.05, 4.69) is 13.0 Å². The lowest BCUT2D eigenvalue weighted by Gasteiger charge is -2.36. The molecule has 0 spiro atoms. The second-order valence-electron chi connectivity index (χ2n) is 4.33. The van der Waals surface area contributed by atoms with E-state index in [1.165, 1.54) is 0 Å². The van der Waals surface area contributed by atoms with Gasteiger partial charge in [-0.3, -0.25) is 0 Å². The SMILES string of the molecule is CCC1(c2ccc3occc3c2)OCCCO1. The van der Waals surface area contributed by atoms with Crippen molar-refractivity contribution in [1.29, 1.82) is 0 Å². The van der Waals surface area contributed by atoms with E-state index in [0.29, 0.717) is 0 Å². The Morgan fingerprint density at radius 2 is 2.00 bits per heavy atom. The second-order valence-corrected chi connectivity index (χ2v) is 4.33. The number of furan rings is 1. The molecule has 0 saturated carbocycles. The normalized spacial score (nSPS) is 19.6. The molecule has 1 aromatic carbocycles. The summed E-state index contributed by atoms with van der Waals surface area (Å²) in [5.41, 5.74) is 1.98. The maximum atomic E-state index is 5.87. The van der Waals surface area contributed by atoms with Crippen molar-refractivity contribution in [1.82, 2.24) is 0 Å². The van der Waals surface area contributed by atoms with E-state index in [1.807, 2.05) is 18.2 Å². The molecule has 0 aliphatic carbocycles. The van der Waals surface area contributed by atoms with Crippen LogP contribution in [0.1, 0.15) is 25.3 Å². The molecule has 1 saturated heterocycles. The quantitative estimate of drug-likeness (QED) is 0.795. The third-order valence-electron chi connectivity index (χ3n) is 3.32. The minimum atomic E-state index is -0.566. The summed E-state index contributed by atoms with van der Waals surface area (Å²) in [6, 6.07) is 8.06. The first-order chi connectivity index (χ1) is 8.34. The van der Waals surface area contributed by atoms with Gasteiger partial charge in [0.15, 0.2) is 5.79 Å². The molecule has 0 bridgehead atoms. The van der Waals surface area contributed by atoms with Crippen molar-refractivity contribution in [3.63, 3.8) is 0 Å². The van der Waals surface area contributed by atoms with E-state index in [0.717, 1.165) is 42.6 Å². The summed E-state index contributed by atoms with van der Waals surface area (Å²) in [7, 11) is 0. The average molecular weight is 232 g/mol. The third kappa shape index (κ3) is 1.75. The van der Waals surface area contributed by atoms with Crippen LogP contribution in [0.15, 0.2) is 34.9 Å². The van der Waals surface area contributed by atoms with E-state index >= 15 is 0 Å². The molecule has 1 fully saturated rings. The molecule has 3 rings (SSSR count). The first-order valence-corrected chi connectivity index (χ1v) is 6.10. The Labute approximate surface area is 100 Å². The largest absolute Gasteiger partial charge is 0.464 e. The van der Waals surface area contributed by atoms with Crippen LogP contribution in [0.2, 0.25) is 0 Å². The third-order valence-corrected chi connectivity index (χ3v) is 3.32. The first-order valence-electron chi connectivity index (χ1n) is 6.10. The summed E-state index contributed by atoms with van der Waals surface area (Å²) in [4.78, 5) is 0. The molecule has 90 valence electrons. The van der Waals surface area contributed by atoms with Gasteiger partial charge in [0.25, 0.3) is 0 Å². The van der Waals surface area contributed by atoms with E-state index in [9.17, 15) is 0 Å². The molecule has 0 radical (unpaired) electrons. The van der Waals surface area contributed by atoms with Gasteiger partial charge in [-0.1, -0.05) is 6.92 Å². The fourth-order valence-corrected chi connectivity index (χ4v) is 2.35. The lowest BCUT2D eigenvalue weighted by atomic mass is 10.0. The van der Waals surface area contributed by atoms with Crippen LogP contribution in [0, 0.1) is 0 Å². The molecule has 1 aliphatic rings. The molecule has 1 aromatic heterocycles. The summed E-state index contributed by atoms with van der Waals surface area (Å²) < 4.78 is 17.1. The fourth-order valence-electron chi connectivity index (χ4n) is 2.35. The van der Waals surface area contributed by atoms with Gasteiger partial charge in [0, 0.05) is 17.4 Å². The summed E-state index contributed by atoms with van der Waals surface area (Å²) in [6.45, 7) is 3.61. The Kier molecular flexibility index (Phi) is 2.65. The summed E-state index contributed by atoms with van der Waals surface area (Å²) in [5, 5.41) is 1.09. The zero-order chi connectivity index (χ0) is 11.7. The molecule has 0 amide bonds. The smallest absolute Gasteiger partial charge is 0.194 e. The molecule has 3 nitrogen and oxygen atoms in total. The zero-order valence-electron chi connectivity index (χ0n) is 9.94. The summed E-state index contributed by atoms with van der Waals surface area (Å²) in [5.74, 6) is -0.566. The van der Waals surface area contributed by atoms with Crippen molar-refractivity contribution in [2.24, 2.45) is 0 Å². The number of hydrogen-bond donors (Lipinski definition) is 0. The number of benzene rings is 1. The fraction of sp³-hybridized carbons (Fsp3) is 0.429. The predicted molar refractivity (Wildman–Crippen MR) is 64.7 cm³/mol. The molecular formula is C14H16O3. The van der Waals surface area contributed by atoms with Gasteiger partial charge in [0.2, 0.25) is 0 Å². The van der Waals surface area contributed by atoms with Crippen molar-refractivity contribution < 1.29 is 13.9 Å². The van der Waals surface area contributed by atoms with Crippen LogP contribution in [0.3, 0.4) is 0 Å². The zero-order valence-corrected chi connectivity index (χ0v) is 9.94. The van der Waals surface area contributed by atoms with Crippen molar-refractivity contribution in [2.45, 2.75) is 25.6 Å². The maximum Gasteiger partial charge on any atom is 0.194 e. The number of ether oxygens (including phenoxy) is 2. The van der Waals surface area contributed by atoms with Crippen molar-refractivity contribution in [3.05, 3.63) is 36.1 Å². The van der Waals surface area contributed by atoms with Crippen molar-refractivity contribution in [3.8, 4) is 0 Å². The van der Waals surface area contributed by atoms with Gasteiger partial charge in [-0.15, -0.1) is 0 Å². The Bertz CT molecular complexity index is 509. The van der Waals surface area contributed by atoms with Gasteiger partial charge in [0.1, 0.15) is 5.58 Å². The van der Waals surface area contributed by atoms with Crippen LogP contribution in [0.4, 0.5) is 0 Å². The minimum Gasteiger partial charge on any atom is -0.464 e. The Hall–Kier alpha value is -1.32. The molecule has 3 heteroatoms. The monoisotopic (exact) mass is 232 g/mol. The highest BCUT2D eigenvalue weighted by molar-refractivity contribution is 5.77. The van der Waals surface area contributed by atoms with Crippen LogP contribution in [-0.4, -0.2) is 13.2 Å². The molecule has 0 unspecified atom stereocenters. The molecule has 2 aromatic rings. The van der Waals surface area contributed by atoms with Gasteiger partial charge in [-0.2, -0.15) is 0 Å². The summed E-state index contributed by atoms with van der Waals surface area (Å²) >= 11 is 0. The highest BCUT2D eigenvalue weighted by Gasteiger charge is 2.34. The minimum absolute atomic E-state index is 0.566. The Morgan fingerprint density at radius 3 is 2.76 bits per heavy atom. The van der Waals surface area contributed by atoms with Crippen LogP contribution < -0.4 is 0 Å². The Balaban J connectivity index is 2.04. The van der Waals surface area contributed by atoms with Crippen LogP contribution >= 0.6 is 0 Å². The molecule has 2 heterocycles. The van der Waals surface area contributed by atoms with Crippen LogP contribution in [0.5, 0.6) is 0 Å². The van der Waals surface area contributed by atoms with E-state index in [4.69, 9.17) is 13.9 Å². The highest BCUT2D eigenvalue weighted by atomic mass is 16.7. The van der Waals surface area contributed by atoms with Crippen molar-refractivity contribution >= 4 is 11.0 Å². The van der Waals surface area contributed by atoms with E-state index in [1.54, 1.807) is 6.26 Å². The van der Waals surface area contributed by atoms with Gasteiger partial charge >= 0.3 is 0 Å². The van der Waals surface area contributed by atoms with Gasteiger partial charge in [-0.05, 0) is 30.7 Å². The number of rotatable bonds is 2. The lowest BCUT2D eigenvalue weighted by Crippen LogP contribution is -2.37. The average Bonchev–Trinajstić information content (AvgIpc) is 2.86. The van der Waals surface area contributed by atoms with E-state index in [-0.39, 0.29) is 0 Å². The van der Waals surface area contributed by atoms with Crippen molar-refractivity contribution in [2.75, 3.05) is 13.2 Å². The standard InChI is InChI=1S/C14H16O3/c1-2-14(16-7-3-8-17-14)12-4-5-13-11(10-12)6-9-15-13/h4-6,9-10H,2-3,7-8H2,1H3. The number of fused-ring (bicyclic) bond motifs is 1. The van der Waals surface area contributed by atoms with Gasteiger partial charge in [-0.25, -0.2) is 0 Å². The van der Waals surface area contributed by atoms with E-state index < -0.39 is 5.79 Å². The van der Waals surface area contributed by atoms with Gasteiger partial charge < -0.3 is 13.9 Å². The maximum absolute atomic E-state index is 5.87. The number of hydrogen-bond acceptors (Lipinski definition) is 3. The Morgan fingerprint density at radius 1 is 1.18 bits per heavy atom. The predicted octanol–water partition coefficient (Wildman–Crippen LogP) is 3.43. The first kappa shape index (κ1) is 10.8. The molecule has 17 heavy (non-hydrogen) atoms. The lowest BCUT2D eigenvalue weighted by molar-refractivity contribution is -0.277. The molecular weight excluding hydrogens is 216 g/mol.